The summed E-state index contributed by atoms with van der Waals surface area (Å²) in [6.45, 7) is 4.44. The number of carbonyl (C=O) groups is 2. The zero-order chi connectivity index (χ0) is 25.1. The Balaban J connectivity index is 1.19. The highest BCUT2D eigenvalue weighted by Crippen LogP contribution is 2.27. The maximum Gasteiger partial charge on any atom is 0.378 e. The standard InChI is InChI=1S/C26H32N6O4/c1-15-3-11-19(12-4-15)35-25(33)23-27-21(29-31-23)17-7-9-18(10-8-17)22-28-24(32-30-22)26(34)36-20-13-5-16(2)6-14-20/h7-10,15-16,19-20H,3-6,11-14H2,1-2H3,(H,27,29,31)(H,28,30,32). The number of rotatable bonds is 6. The van der Waals surface area contributed by atoms with Gasteiger partial charge in [-0.3, -0.25) is 10.2 Å². The molecule has 2 aliphatic rings. The SMILES string of the molecule is CC1CCC(OC(=O)c2n[nH]c(-c3ccc(-c4nc(C(=O)OC5CCC(C)CC5)n[nH]4)cc3)n2)CC1. The van der Waals surface area contributed by atoms with Gasteiger partial charge in [0, 0.05) is 11.1 Å². The fourth-order valence-corrected chi connectivity index (χ4v) is 4.85. The van der Waals surface area contributed by atoms with E-state index in [0.717, 1.165) is 62.5 Å². The molecule has 0 saturated heterocycles. The van der Waals surface area contributed by atoms with Gasteiger partial charge in [-0.15, -0.1) is 10.2 Å². The van der Waals surface area contributed by atoms with Crippen molar-refractivity contribution < 1.29 is 19.1 Å². The van der Waals surface area contributed by atoms with Gasteiger partial charge < -0.3 is 9.47 Å². The van der Waals surface area contributed by atoms with E-state index in [4.69, 9.17) is 9.47 Å². The fraction of sp³-hybridized carbons (Fsp3) is 0.538. The zero-order valence-corrected chi connectivity index (χ0v) is 20.7. The molecule has 3 aromatic rings. The molecule has 2 N–H and O–H groups in total. The molecule has 5 rings (SSSR count). The van der Waals surface area contributed by atoms with E-state index in [1.165, 1.54) is 0 Å². The van der Waals surface area contributed by atoms with Crippen LogP contribution in [0.5, 0.6) is 0 Å². The summed E-state index contributed by atoms with van der Waals surface area (Å²) < 4.78 is 11.2. The van der Waals surface area contributed by atoms with Crippen LogP contribution in [0.25, 0.3) is 22.8 Å². The quantitative estimate of drug-likeness (QED) is 0.472. The number of benzene rings is 1. The van der Waals surface area contributed by atoms with Crippen LogP contribution in [-0.2, 0) is 9.47 Å². The summed E-state index contributed by atoms with van der Waals surface area (Å²) in [7, 11) is 0. The van der Waals surface area contributed by atoms with Crippen LogP contribution in [-0.4, -0.2) is 54.5 Å². The summed E-state index contributed by atoms with van der Waals surface area (Å²) in [4.78, 5) is 33.5. The average molecular weight is 493 g/mol. The van der Waals surface area contributed by atoms with Crippen molar-refractivity contribution in [1.82, 2.24) is 30.4 Å². The molecule has 0 amide bonds. The van der Waals surface area contributed by atoms with Gasteiger partial charge >= 0.3 is 11.9 Å². The van der Waals surface area contributed by atoms with Gasteiger partial charge in [0.05, 0.1) is 0 Å². The number of carbonyl (C=O) groups excluding carboxylic acids is 2. The lowest BCUT2D eigenvalue weighted by Gasteiger charge is -2.25. The maximum atomic E-state index is 12.5. The van der Waals surface area contributed by atoms with Crippen molar-refractivity contribution in [1.29, 1.82) is 0 Å². The number of esters is 2. The van der Waals surface area contributed by atoms with Crippen LogP contribution in [0.1, 0.15) is 86.5 Å². The minimum atomic E-state index is -0.502. The molecule has 0 spiro atoms. The van der Waals surface area contributed by atoms with Crippen LogP contribution >= 0.6 is 0 Å². The molecule has 0 bridgehead atoms. The first-order valence-electron chi connectivity index (χ1n) is 12.8. The Morgan fingerprint density at radius 1 is 0.667 bits per heavy atom. The number of aromatic amines is 2. The molecule has 2 saturated carbocycles. The van der Waals surface area contributed by atoms with Gasteiger partial charge in [-0.2, -0.15) is 0 Å². The minimum Gasteiger partial charge on any atom is -0.456 e. The lowest BCUT2D eigenvalue weighted by Crippen LogP contribution is -2.24. The third kappa shape index (κ3) is 5.63. The first kappa shape index (κ1) is 24.1. The molecule has 0 atom stereocenters. The predicted molar refractivity (Wildman–Crippen MR) is 131 cm³/mol. The van der Waals surface area contributed by atoms with Crippen LogP contribution < -0.4 is 0 Å². The van der Waals surface area contributed by atoms with Gasteiger partial charge in [0.1, 0.15) is 12.2 Å². The summed E-state index contributed by atoms with van der Waals surface area (Å²) in [5.74, 6) is 1.35. The maximum absolute atomic E-state index is 12.5. The van der Waals surface area contributed by atoms with Gasteiger partial charge in [-0.05, 0) is 63.2 Å². The molecule has 10 heteroatoms. The Hall–Kier alpha value is -3.56. The summed E-state index contributed by atoms with van der Waals surface area (Å²) in [6, 6.07) is 7.32. The third-order valence-electron chi connectivity index (χ3n) is 7.24. The number of ether oxygens (including phenoxy) is 2. The monoisotopic (exact) mass is 492 g/mol. The van der Waals surface area contributed by atoms with E-state index < -0.39 is 11.9 Å². The third-order valence-corrected chi connectivity index (χ3v) is 7.24. The summed E-state index contributed by atoms with van der Waals surface area (Å²) in [5, 5.41) is 13.7. The second-order valence-electron chi connectivity index (χ2n) is 10.2. The minimum absolute atomic E-state index is 0.0264. The Morgan fingerprint density at radius 3 is 1.39 bits per heavy atom. The zero-order valence-electron chi connectivity index (χ0n) is 20.7. The van der Waals surface area contributed by atoms with E-state index in [0.29, 0.717) is 23.5 Å². The van der Waals surface area contributed by atoms with Gasteiger partial charge in [0.2, 0.25) is 0 Å². The van der Waals surface area contributed by atoms with Crippen molar-refractivity contribution in [2.75, 3.05) is 0 Å². The molecule has 2 heterocycles. The van der Waals surface area contributed by atoms with E-state index in [2.05, 4.69) is 44.2 Å². The highest BCUT2D eigenvalue weighted by molar-refractivity contribution is 5.86. The molecular formula is C26H32N6O4. The topological polar surface area (TPSA) is 136 Å². The molecule has 2 aliphatic carbocycles. The van der Waals surface area contributed by atoms with Crippen LogP contribution in [0.2, 0.25) is 0 Å². The number of hydrogen-bond acceptors (Lipinski definition) is 8. The van der Waals surface area contributed by atoms with Gasteiger partial charge in [0.25, 0.3) is 11.6 Å². The highest BCUT2D eigenvalue weighted by atomic mass is 16.5. The lowest BCUT2D eigenvalue weighted by molar-refractivity contribution is 0.0152. The first-order valence-corrected chi connectivity index (χ1v) is 12.8. The van der Waals surface area contributed by atoms with Crippen molar-refractivity contribution in [3.8, 4) is 22.8 Å². The number of H-pyrrole nitrogens is 2. The van der Waals surface area contributed by atoms with E-state index in [1.807, 2.05) is 24.3 Å². The first-order chi connectivity index (χ1) is 17.4. The average Bonchev–Trinajstić information content (AvgIpc) is 3.58. The van der Waals surface area contributed by atoms with Gasteiger partial charge in [0.15, 0.2) is 11.6 Å². The molecule has 10 nitrogen and oxygen atoms in total. The largest absolute Gasteiger partial charge is 0.456 e. The molecule has 2 fully saturated rings. The smallest absolute Gasteiger partial charge is 0.378 e. The van der Waals surface area contributed by atoms with Crippen LogP contribution in [0.3, 0.4) is 0 Å². The van der Waals surface area contributed by atoms with Crippen molar-refractivity contribution >= 4 is 11.9 Å². The lowest BCUT2D eigenvalue weighted by atomic mass is 9.89. The van der Waals surface area contributed by atoms with E-state index in [1.54, 1.807) is 0 Å². The summed E-state index contributed by atoms with van der Waals surface area (Å²) in [5.41, 5.74) is 1.50. The molecule has 0 unspecified atom stereocenters. The Morgan fingerprint density at radius 2 is 1.03 bits per heavy atom. The van der Waals surface area contributed by atoms with E-state index in [-0.39, 0.29) is 23.9 Å². The fourth-order valence-electron chi connectivity index (χ4n) is 4.85. The van der Waals surface area contributed by atoms with Crippen molar-refractivity contribution in [2.45, 2.75) is 77.4 Å². The highest BCUT2D eigenvalue weighted by Gasteiger charge is 2.25. The molecule has 1 aromatic carbocycles. The van der Waals surface area contributed by atoms with Crippen LogP contribution in [0.4, 0.5) is 0 Å². The Labute approximate surface area is 209 Å². The molecule has 2 aromatic heterocycles. The normalized spacial score (nSPS) is 24.3. The van der Waals surface area contributed by atoms with Crippen molar-refractivity contribution in [3.63, 3.8) is 0 Å². The van der Waals surface area contributed by atoms with Crippen molar-refractivity contribution in [3.05, 3.63) is 35.9 Å². The number of hydrogen-bond donors (Lipinski definition) is 2. The molecule has 36 heavy (non-hydrogen) atoms. The van der Waals surface area contributed by atoms with E-state index >= 15 is 0 Å². The van der Waals surface area contributed by atoms with Gasteiger partial charge in [-0.25, -0.2) is 19.6 Å². The molecule has 0 radical (unpaired) electrons. The van der Waals surface area contributed by atoms with Crippen LogP contribution in [0.15, 0.2) is 24.3 Å². The van der Waals surface area contributed by atoms with Crippen molar-refractivity contribution in [2.24, 2.45) is 11.8 Å². The Kier molecular flexibility index (Phi) is 7.11. The molecule has 190 valence electrons. The number of nitrogens with one attached hydrogen (secondary N) is 2. The predicted octanol–water partition coefficient (Wildman–Crippen LogP) is 4.73. The molecular weight excluding hydrogens is 460 g/mol. The number of nitrogens with zero attached hydrogens (tertiary/aromatic N) is 4. The van der Waals surface area contributed by atoms with Gasteiger partial charge in [-0.1, -0.05) is 38.1 Å². The Bertz CT molecular complexity index is 1090. The van der Waals surface area contributed by atoms with Crippen LogP contribution in [0, 0.1) is 11.8 Å². The molecule has 0 aliphatic heterocycles. The van der Waals surface area contributed by atoms with E-state index in [9.17, 15) is 9.59 Å². The summed E-state index contributed by atoms with van der Waals surface area (Å²) >= 11 is 0. The second kappa shape index (κ2) is 10.6. The second-order valence-corrected chi connectivity index (χ2v) is 10.2. The summed E-state index contributed by atoms with van der Waals surface area (Å²) in [6.07, 6.45) is 7.66. The number of aromatic nitrogens is 6.